The summed E-state index contributed by atoms with van der Waals surface area (Å²) in [5.74, 6) is 0. The molecule has 0 heteroatoms. The summed E-state index contributed by atoms with van der Waals surface area (Å²) < 4.78 is 0. The first-order valence-corrected chi connectivity index (χ1v) is 39.1. The highest BCUT2D eigenvalue weighted by molar-refractivity contribution is 6.10. The molecule has 0 bridgehead atoms. The van der Waals surface area contributed by atoms with Gasteiger partial charge in [0, 0.05) is 21.7 Å². The lowest BCUT2D eigenvalue weighted by Crippen LogP contribution is -2.17. The minimum atomic E-state index is -0.220. The molecule has 0 fully saturated rings. The standard InChI is InChI=1S/C106H96/c1-99(2,3)61-33-41-69-65-37-29-57(49-81(65)103(13,14)85(69)53-61)89-73-25-21-22-26-74(73)90(58-30-38-66-70-42-34-62(100(4,5)6)54-86(70)104(15,16)82(66)50-58)96-78-47-48-80-94-79(46-45-77(93(78)94)95(89)96)97-91(59-31-39-67-71-43-35-63(101(7,8)9)55-87(71)105(17,18)83(67)51-59)75-27-23-24-28-76(75)92(98(80)97)60-32-40-68-72-44-36-64(102(10,11)12)56-88(72)106(19,20)84(68)52-60/h21-56H,1-20H3. The quantitative estimate of drug-likeness (QED) is 0.165. The van der Waals surface area contributed by atoms with Gasteiger partial charge >= 0.3 is 0 Å². The van der Waals surface area contributed by atoms with Crippen LogP contribution in [0, 0.1) is 41.7 Å². The van der Waals surface area contributed by atoms with Gasteiger partial charge in [0.25, 0.3) is 0 Å². The zero-order valence-electron chi connectivity index (χ0n) is 65.8. The Morgan fingerprint density at radius 1 is 0.198 bits per heavy atom. The summed E-state index contributed by atoms with van der Waals surface area (Å²) in [6, 6.07) is 88.6. The lowest BCUT2D eigenvalue weighted by Gasteiger charge is -2.26. The van der Waals surface area contributed by atoms with E-state index in [1.165, 1.54) is 230 Å². The van der Waals surface area contributed by atoms with E-state index in [9.17, 15) is 0 Å². The molecule has 0 nitrogen and oxygen atoms in total. The number of rotatable bonds is 4. The summed E-state index contributed by atoms with van der Waals surface area (Å²) in [4.78, 5) is 0. The SMILES string of the molecule is CC(C)(C)c1ccc2c(c1)C(C)(C)c1cc(-c3c4c(c(-c5ccc6c(c5)C(C)(C)c5cc(C(C)(C)C)ccc5-6)c5ccccc35)=c3ccc5c6c(ccc=4c36)=c3c(-c4ccc6c(c4)C(C)(C)c4cc(C(C)(C)C)ccc4-6)c4ccccc4c(-c4ccc6c(c4)C(C)(C)c4cc(C(C)(C)C)ccc4-6)c3=5)ccc1-2. The minimum absolute atomic E-state index is 0.0296. The van der Waals surface area contributed by atoms with E-state index >= 15 is 0 Å². The van der Waals surface area contributed by atoms with Crippen LogP contribution in [0.2, 0.25) is 0 Å². The third-order valence-electron chi connectivity index (χ3n) is 27.0. The highest BCUT2D eigenvalue weighted by Crippen LogP contribution is 2.58. The topological polar surface area (TPSA) is 0 Å². The second-order valence-corrected chi connectivity index (χ2v) is 38.7. The lowest BCUT2D eigenvalue weighted by atomic mass is 9.78. The van der Waals surface area contributed by atoms with Crippen molar-refractivity contribution < 1.29 is 0 Å². The predicted octanol–water partition coefficient (Wildman–Crippen LogP) is 28.0. The van der Waals surface area contributed by atoms with Crippen molar-refractivity contribution in [3.8, 4) is 89.0 Å². The van der Waals surface area contributed by atoms with Gasteiger partial charge in [-0.25, -0.2) is 0 Å². The highest BCUT2D eigenvalue weighted by atomic mass is 14.5. The van der Waals surface area contributed by atoms with Gasteiger partial charge in [-0.1, -0.05) is 333 Å². The van der Waals surface area contributed by atoms with E-state index in [1.54, 1.807) is 0 Å². The average Bonchev–Trinajstić information content (AvgIpc) is 1.49. The Labute approximate surface area is 625 Å². The smallest absolute Gasteiger partial charge is 0.0159 e. The van der Waals surface area contributed by atoms with Crippen molar-refractivity contribution in [2.75, 3.05) is 0 Å². The first-order chi connectivity index (χ1) is 50.1. The number of hydrogen-bond acceptors (Lipinski definition) is 0. The van der Waals surface area contributed by atoms with Gasteiger partial charge in [-0.15, -0.1) is 0 Å². The van der Waals surface area contributed by atoms with Crippen LogP contribution >= 0.6 is 0 Å². The van der Waals surface area contributed by atoms with Gasteiger partial charge < -0.3 is 0 Å². The molecule has 0 radical (unpaired) electrons. The van der Waals surface area contributed by atoms with Gasteiger partial charge in [0.2, 0.25) is 0 Å². The van der Waals surface area contributed by atoms with E-state index in [0.717, 1.165) is 0 Å². The van der Waals surface area contributed by atoms with E-state index in [4.69, 9.17) is 0 Å². The number of hydrogen-bond donors (Lipinski definition) is 0. The van der Waals surface area contributed by atoms with Crippen molar-refractivity contribution in [2.24, 2.45) is 0 Å². The van der Waals surface area contributed by atoms with Crippen molar-refractivity contribution in [1.82, 2.24) is 0 Å². The molecule has 0 saturated carbocycles. The summed E-state index contributed by atoms with van der Waals surface area (Å²) in [7, 11) is 0. The Kier molecular flexibility index (Phi) is 12.9. The molecule has 0 aromatic heterocycles. The molecule has 14 aromatic carbocycles. The summed E-state index contributed by atoms with van der Waals surface area (Å²) in [6.45, 7) is 47.9. The largest absolute Gasteiger partial charge is 0.0616 e. The molecule has 14 aromatic rings. The average molecular weight is 1370 g/mol. The van der Waals surface area contributed by atoms with Gasteiger partial charge in [-0.2, -0.15) is 0 Å². The molecule has 20 rings (SSSR count). The monoisotopic (exact) mass is 1370 g/mol. The third kappa shape index (κ3) is 8.65. The molecule has 0 amide bonds. The molecule has 0 unspecified atom stereocenters. The summed E-state index contributed by atoms with van der Waals surface area (Å²) in [5, 5.41) is 18.4. The summed E-state index contributed by atoms with van der Waals surface area (Å²) in [6.07, 6.45) is 0. The molecule has 0 N–H and O–H groups in total. The first kappa shape index (κ1) is 65.4. The van der Waals surface area contributed by atoms with Gasteiger partial charge in [0.1, 0.15) is 0 Å². The van der Waals surface area contributed by atoms with Gasteiger partial charge in [0.15, 0.2) is 0 Å². The van der Waals surface area contributed by atoms with Crippen LogP contribution in [0.3, 0.4) is 0 Å². The van der Waals surface area contributed by atoms with E-state index in [0.29, 0.717) is 0 Å². The maximum absolute atomic E-state index is 2.60. The van der Waals surface area contributed by atoms with E-state index in [-0.39, 0.29) is 43.3 Å². The lowest BCUT2D eigenvalue weighted by molar-refractivity contribution is 0.584. The van der Waals surface area contributed by atoms with Crippen molar-refractivity contribution in [3.63, 3.8) is 0 Å². The summed E-state index contributed by atoms with van der Waals surface area (Å²) in [5.41, 5.74) is 37.1. The van der Waals surface area contributed by atoms with E-state index in [2.05, 4.69) is 357 Å². The fraction of sp³-hybridized carbons (Fsp3) is 0.264. The van der Waals surface area contributed by atoms with Gasteiger partial charge in [0.05, 0.1) is 0 Å². The van der Waals surface area contributed by atoms with Crippen LogP contribution in [0.5, 0.6) is 0 Å². The fourth-order valence-electron chi connectivity index (χ4n) is 20.9. The molecule has 6 aliphatic carbocycles. The third-order valence-corrected chi connectivity index (χ3v) is 27.0. The predicted molar refractivity (Wildman–Crippen MR) is 449 cm³/mol. The van der Waals surface area contributed by atoms with Crippen molar-refractivity contribution in [3.05, 3.63) is 327 Å². The molecule has 0 atom stereocenters. The van der Waals surface area contributed by atoms with Crippen molar-refractivity contribution >= 4 is 32.3 Å². The molecule has 6 aliphatic rings. The van der Waals surface area contributed by atoms with Gasteiger partial charge in [-0.05, 0) is 276 Å². The Balaban J connectivity index is 0.929. The van der Waals surface area contributed by atoms with Crippen molar-refractivity contribution in [2.45, 2.75) is 182 Å². The Morgan fingerprint density at radius 3 is 0.566 bits per heavy atom. The maximum Gasteiger partial charge on any atom is 0.0159 e. The zero-order chi connectivity index (χ0) is 73.7. The van der Waals surface area contributed by atoms with Crippen LogP contribution < -0.4 is 0 Å². The van der Waals surface area contributed by atoms with Crippen molar-refractivity contribution in [1.29, 1.82) is 0 Å². The summed E-state index contributed by atoms with van der Waals surface area (Å²) >= 11 is 0. The van der Waals surface area contributed by atoms with Gasteiger partial charge in [-0.3, -0.25) is 0 Å². The van der Waals surface area contributed by atoms with E-state index in [1.807, 2.05) is 0 Å². The Hall–Kier alpha value is -10.1. The molecule has 0 saturated heterocycles. The second kappa shape index (κ2) is 20.9. The number of fused-ring (bicyclic) bond motifs is 16. The van der Waals surface area contributed by atoms with Crippen LogP contribution in [0.25, 0.3) is 121 Å². The molecular weight excluding hydrogens is 1270 g/mol. The zero-order valence-corrected chi connectivity index (χ0v) is 65.8. The molecule has 0 aliphatic heterocycles. The normalized spacial score (nSPS) is 15.8. The second-order valence-electron chi connectivity index (χ2n) is 38.7. The maximum atomic E-state index is 2.60. The molecule has 0 heterocycles. The fourth-order valence-corrected chi connectivity index (χ4v) is 20.9. The molecule has 520 valence electrons. The minimum Gasteiger partial charge on any atom is -0.0616 e. The van der Waals surface area contributed by atoms with Crippen LogP contribution in [-0.4, -0.2) is 0 Å². The molecular formula is C106H96. The van der Waals surface area contributed by atoms with E-state index < -0.39 is 0 Å². The number of benzene rings is 14. The molecule has 0 spiro atoms. The Morgan fingerprint density at radius 2 is 0.377 bits per heavy atom. The van der Waals surface area contributed by atoms with Crippen LogP contribution in [0.1, 0.15) is 205 Å². The Bertz CT molecular complexity index is 6060. The molecule has 106 heavy (non-hydrogen) atoms. The first-order valence-electron chi connectivity index (χ1n) is 39.1. The van der Waals surface area contributed by atoms with Crippen LogP contribution in [0.15, 0.2) is 218 Å². The highest BCUT2D eigenvalue weighted by Gasteiger charge is 2.42. The van der Waals surface area contributed by atoms with Crippen LogP contribution in [-0.2, 0) is 43.3 Å². The van der Waals surface area contributed by atoms with Crippen LogP contribution in [0.4, 0.5) is 0 Å².